The zero-order valence-electron chi connectivity index (χ0n) is 8.48. The van der Waals surface area contributed by atoms with Crippen LogP contribution in [0.5, 0.6) is 0 Å². The fourth-order valence-corrected chi connectivity index (χ4v) is 2.23. The van der Waals surface area contributed by atoms with E-state index in [1.54, 1.807) is 11.3 Å². The fraction of sp³-hybridized carbons (Fsp3) is 0.545. The van der Waals surface area contributed by atoms with Crippen molar-refractivity contribution >= 4 is 17.1 Å². The molecule has 1 aliphatic heterocycles. The van der Waals surface area contributed by atoms with Crippen molar-refractivity contribution in [3.63, 3.8) is 0 Å². The van der Waals surface area contributed by atoms with E-state index in [1.807, 2.05) is 5.38 Å². The van der Waals surface area contributed by atoms with Crippen LogP contribution in [0.2, 0.25) is 0 Å². The SMILES string of the molecule is O=C(CCc1ccsc1)CC1OCCO1. The molecule has 0 bridgehead atoms. The Morgan fingerprint density at radius 1 is 1.47 bits per heavy atom. The summed E-state index contributed by atoms with van der Waals surface area (Å²) in [7, 11) is 0. The predicted molar refractivity (Wildman–Crippen MR) is 58.0 cm³/mol. The molecule has 2 heterocycles. The second-order valence-corrected chi connectivity index (χ2v) is 4.33. The van der Waals surface area contributed by atoms with Gasteiger partial charge in [-0.3, -0.25) is 4.79 Å². The molecule has 15 heavy (non-hydrogen) atoms. The molecule has 82 valence electrons. The first-order valence-electron chi connectivity index (χ1n) is 5.10. The van der Waals surface area contributed by atoms with Crippen molar-refractivity contribution in [1.29, 1.82) is 0 Å². The third kappa shape index (κ3) is 3.41. The number of ether oxygens (including phenoxy) is 2. The van der Waals surface area contributed by atoms with Crippen LogP contribution in [0.1, 0.15) is 18.4 Å². The van der Waals surface area contributed by atoms with Gasteiger partial charge in [0.25, 0.3) is 0 Å². The van der Waals surface area contributed by atoms with Crippen LogP contribution in [-0.4, -0.2) is 25.3 Å². The number of carbonyl (C=O) groups excluding carboxylic acids is 1. The van der Waals surface area contributed by atoms with Crippen LogP contribution < -0.4 is 0 Å². The predicted octanol–water partition coefficient (Wildman–Crippen LogP) is 2.01. The first kappa shape index (κ1) is 10.8. The maximum absolute atomic E-state index is 11.5. The maximum Gasteiger partial charge on any atom is 0.164 e. The molecular formula is C11H14O3S. The molecule has 0 aromatic carbocycles. The molecule has 0 saturated carbocycles. The lowest BCUT2D eigenvalue weighted by Crippen LogP contribution is -2.14. The second-order valence-electron chi connectivity index (χ2n) is 3.55. The monoisotopic (exact) mass is 226 g/mol. The molecule has 0 unspecified atom stereocenters. The van der Waals surface area contributed by atoms with E-state index in [9.17, 15) is 4.79 Å². The van der Waals surface area contributed by atoms with E-state index in [4.69, 9.17) is 9.47 Å². The number of thiophene rings is 1. The van der Waals surface area contributed by atoms with Crippen molar-refractivity contribution < 1.29 is 14.3 Å². The average Bonchev–Trinajstić information content (AvgIpc) is 2.86. The molecule has 0 aliphatic carbocycles. The molecule has 1 fully saturated rings. The topological polar surface area (TPSA) is 35.5 Å². The third-order valence-corrected chi connectivity index (χ3v) is 3.09. The largest absolute Gasteiger partial charge is 0.350 e. The van der Waals surface area contributed by atoms with Gasteiger partial charge in [0.15, 0.2) is 6.29 Å². The highest BCUT2D eigenvalue weighted by Gasteiger charge is 2.19. The Bertz CT molecular complexity index is 302. The Kier molecular flexibility index (Phi) is 3.88. The first-order chi connectivity index (χ1) is 7.34. The van der Waals surface area contributed by atoms with Crippen LogP contribution in [0.4, 0.5) is 0 Å². The third-order valence-electron chi connectivity index (χ3n) is 2.36. The quantitative estimate of drug-likeness (QED) is 0.770. The van der Waals surface area contributed by atoms with Gasteiger partial charge in [-0.1, -0.05) is 0 Å². The average molecular weight is 226 g/mol. The molecule has 0 amide bonds. The standard InChI is InChI=1S/C11H14O3S/c12-10(7-11-13-4-5-14-11)2-1-9-3-6-15-8-9/h3,6,8,11H,1-2,4-5,7H2. The lowest BCUT2D eigenvalue weighted by atomic mass is 10.1. The molecule has 0 atom stereocenters. The number of aryl methyl sites for hydroxylation is 1. The van der Waals surface area contributed by atoms with E-state index in [-0.39, 0.29) is 12.1 Å². The fourth-order valence-electron chi connectivity index (χ4n) is 1.53. The lowest BCUT2D eigenvalue weighted by molar-refractivity contribution is -0.127. The smallest absolute Gasteiger partial charge is 0.164 e. The van der Waals surface area contributed by atoms with Crippen molar-refractivity contribution in [2.75, 3.05) is 13.2 Å². The van der Waals surface area contributed by atoms with Crippen molar-refractivity contribution in [1.82, 2.24) is 0 Å². The van der Waals surface area contributed by atoms with Gasteiger partial charge in [0.05, 0.1) is 19.6 Å². The molecule has 2 rings (SSSR count). The molecule has 0 radical (unpaired) electrons. The number of rotatable bonds is 5. The van der Waals surface area contributed by atoms with E-state index in [0.29, 0.717) is 26.1 Å². The maximum atomic E-state index is 11.5. The number of hydrogen-bond acceptors (Lipinski definition) is 4. The molecule has 0 spiro atoms. The Labute approximate surface area is 93.0 Å². The second kappa shape index (κ2) is 5.39. The molecule has 1 aromatic heterocycles. The summed E-state index contributed by atoms with van der Waals surface area (Å²) >= 11 is 1.66. The highest BCUT2D eigenvalue weighted by molar-refractivity contribution is 7.07. The van der Waals surface area contributed by atoms with Gasteiger partial charge in [-0.25, -0.2) is 0 Å². The Balaban J connectivity index is 1.68. The van der Waals surface area contributed by atoms with Crippen molar-refractivity contribution in [3.05, 3.63) is 22.4 Å². The zero-order chi connectivity index (χ0) is 10.5. The summed E-state index contributed by atoms with van der Waals surface area (Å²) in [5, 5.41) is 4.11. The summed E-state index contributed by atoms with van der Waals surface area (Å²) in [6.07, 6.45) is 1.51. The van der Waals surface area contributed by atoms with Gasteiger partial charge in [-0.2, -0.15) is 11.3 Å². The minimum absolute atomic E-state index is 0.216. The van der Waals surface area contributed by atoms with E-state index in [0.717, 1.165) is 6.42 Å². The Morgan fingerprint density at radius 2 is 2.27 bits per heavy atom. The van der Waals surface area contributed by atoms with E-state index < -0.39 is 0 Å². The lowest BCUT2D eigenvalue weighted by Gasteiger charge is -2.07. The summed E-state index contributed by atoms with van der Waals surface area (Å²) < 4.78 is 10.4. The summed E-state index contributed by atoms with van der Waals surface area (Å²) in [5.74, 6) is 0.216. The first-order valence-corrected chi connectivity index (χ1v) is 6.05. The molecule has 1 aliphatic rings. The summed E-state index contributed by atoms with van der Waals surface area (Å²) in [6.45, 7) is 1.23. The van der Waals surface area contributed by atoms with Gasteiger partial charge in [0, 0.05) is 6.42 Å². The number of carbonyl (C=O) groups is 1. The summed E-state index contributed by atoms with van der Waals surface area (Å²) in [4.78, 5) is 11.5. The van der Waals surface area contributed by atoms with Crippen molar-refractivity contribution in [2.45, 2.75) is 25.6 Å². The molecule has 1 saturated heterocycles. The van der Waals surface area contributed by atoms with Gasteiger partial charge in [0.1, 0.15) is 5.78 Å². The van der Waals surface area contributed by atoms with E-state index in [2.05, 4.69) is 11.4 Å². The van der Waals surface area contributed by atoms with E-state index in [1.165, 1.54) is 5.56 Å². The van der Waals surface area contributed by atoms with Gasteiger partial charge in [0.2, 0.25) is 0 Å². The van der Waals surface area contributed by atoms with Crippen LogP contribution >= 0.6 is 11.3 Å². The highest BCUT2D eigenvalue weighted by Crippen LogP contribution is 2.12. The van der Waals surface area contributed by atoms with E-state index >= 15 is 0 Å². The van der Waals surface area contributed by atoms with Gasteiger partial charge >= 0.3 is 0 Å². The molecule has 0 N–H and O–H groups in total. The molecular weight excluding hydrogens is 212 g/mol. The Hall–Kier alpha value is -0.710. The summed E-state index contributed by atoms with van der Waals surface area (Å²) in [5.41, 5.74) is 1.24. The Morgan fingerprint density at radius 3 is 2.93 bits per heavy atom. The normalized spacial score (nSPS) is 17.1. The van der Waals surface area contributed by atoms with Crippen LogP contribution in [-0.2, 0) is 20.7 Å². The number of Topliss-reactive ketones (excluding diaryl/α,β-unsaturated/α-hetero) is 1. The zero-order valence-corrected chi connectivity index (χ0v) is 9.29. The van der Waals surface area contributed by atoms with Crippen molar-refractivity contribution in [3.8, 4) is 0 Å². The molecule has 4 heteroatoms. The highest BCUT2D eigenvalue weighted by atomic mass is 32.1. The van der Waals surface area contributed by atoms with Crippen LogP contribution in [0.3, 0.4) is 0 Å². The molecule has 3 nitrogen and oxygen atoms in total. The van der Waals surface area contributed by atoms with Crippen LogP contribution in [0.15, 0.2) is 16.8 Å². The summed E-state index contributed by atoms with van der Waals surface area (Å²) in [6, 6.07) is 2.06. The minimum Gasteiger partial charge on any atom is -0.350 e. The molecule has 1 aromatic rings. The van der Waals surface area contributed by atoms with Crippen LogP contribution in [0.25, 0.3) is 0 Å². The van der Waals surface area contributed by atoms with Crippen molar-refractivity contribution in [2.24, 2.45) is 0 Å². The van der Waals surface area contributed by atoms with Crippen LogP contribution in [0, 0.1) is 0 Å². The number of hydrogen-bond donors (Lipinski definition) is 0. The van der Waals surface area contributed by atoms with Gasteiger partial charge < -0.3 is 9.47 Å². The van der Waals surface area contributed by atoms with Gasteiger partial charge in [-0.05, 0) is 28.8 Å². The van der Waals surface area contributed by atoms with Gasteiger partial charge in [-0.15, -0.1) is 0 Å². The number of ketones is 1. The minimum atomic E-state index is -0.292.